The quantitative estimate of drug-likeness (QED) is 0.781. The Kier molecular flexibility index (Phi) is 7.63. The number of piperidine rings is 1. The molecule has 22 heavy (non-hydrogen) atoms. The lowest BCUT2D eigenvalue weighted by Crippen LogP contribution is -2.50. The Hall–Kier alpha value is -0.650. The number of amides is 1. The first-order valence-corrected chi connectivity index (χ1v) is 8.96. The predicted octanol–water partition coefficient (Wildman–Crippen LogP) is 1.95. The lowest BCUT2D eigenvalue weighted by Gasteiger charge is -2.36. The van der Waals surface area contributed by atoms with Crippen LogP contribution in [0.4, 0.5) is 0 Å². The second-order valence-electron chi connectivity index (χ2n) is 6.48. The molecule has 0 bridgehead atoms. The summed E-state index contributed by atoms with van der Waals surface area (Å²) in [5, 5.41) is 3.36. The topological polar surface area (TPSA) is 50.8 Å². The van der Waals surface area contributed by atoms with Gasteiger partial charge in [-0.25, -0.2) is 0 Å². The van der Waals surface area contributed by atoms with E-state index in [1.54, 1.807) is 0 Å². The minimum Gasteiger partial charge on any atom is -0.376 e. The van der Waals surface area contributed by atoms with Crippen molar-refractivity contribution < 1.29 is 14.3 Å². The Labute approximate surface area is 134 Å². The molecule has 0 radical (unpaired) electrons. The zero-order chi connectivity index (χ0) is 15.8. The van der Waals surface area contributed by atoms with Crippen LogP contribution in [0.3, 0.4) is 0 Å². The maximum absolute atomic E-state index is 12.7. The number of hydrogen-bond acceptors (Lipinski definition) is 4. The summed E-state index contributed by atoms with van der Waals surface area (Å²) in [5.41, 5.74) is 0. The van der Waals surface area contributed by atoms with E-state index in [1.807, 2.05) is 11.8 Å². The molecule has 2 aliphatic heterocycles. The van der Waals surface area contributed by atoms with Gasteiger partial charge in [-0.2, -0.15) is 0 Å². The van der Waals surface area contributed by atoms with E-state index in [-0.39, 0.29) is 18.1 Å². The van der Waals surface area contributed by atoms with Crippen LogP contribution < -0.4 is 5.32 Å². The van der Waals surface area contributed by atoms with Crippen molar-refractivity contribution in [1.82, 2.24) is 10.2 Å². The third kappa shape index (κ3) is 5.21. The summed E-state index contributed by atoms with van der Waals surface area (Å²) in [6, 6.07) is 0.366. The van der Waals surface area contributed by atoms with Gasteiger partial charge in [0, 0.05) is 19.2 Å². The summed E-state index contributed by atoms with van der Waals surface area (Å²) in [5.74, 6) is 0.143. The number of hydrogen-bond donors (Lipinski definition) is 1. The van der Waals surface area contributed by atoms with Crippen molar-refractivity contribution >= 4 is 5.91 Å². The Morgan fingerprint density at radius 2 is 2.09 bits per heavy atom. The van der Waals surface area contributed by atoms with E-state index in [0.29, 0.717) is 12.6 Å². The maximum Gasteiger partial charge on any atom is 0.251 e. The third-order valence-corrected chi connectivity index (χ3v) is 4.65. The van der Waals surface area contributed by atoms with Crippen molar-refractivity contribution in [3.63, 3.8) is 0 Å². The highest BCUT2D eigenvalue weighted by molar-refractivity contribution is 5.80. The average molecular weight is 312 g/mol. The molecule has 2 aliphatic rings. The highest BCUT2D eigenvalue weighted by Gasteiger charge is 2.29. The molecule has 1 N–H and O–H groups in total. The van der Waals surface area contributed by atoms with E-state index in [4.69, 9.17) is 9.47 Å². The fraction of sp³-hybridized carbons (Fsp3) is 0.941. The molecule has 0 saturated carbocycles. The fourth-order valence-corrected chi connectivity index (χ4v) is 3.33. The number of rotatable bonds is 7. The molecule has 2 unspecified atom stereocenters. The summed E-state index contributed by atoms with van der Waals surface area (Å²) in [4.78, 5) is 14.8. The zero-order valence-electron chi connectivity index (χ0n) is 14.2. The van der Waals surface area contributed by atoms with Crippen LogP contribution in [0.1, 0.15) is 52.4 Å². The van der Waals surface area contributed by atoms with Gasteiger partial charge in [-0.1, -0.05) is 6.92 Å². The number of ether oxygens (including phenoxy) is 2. The van der Waals surface area contributed by atoms with Crippen molar-refractivity contribution in [2.45, 2.75) is 70.6 Å². The summed E-state index contributed by atoms with van der Waals surface area (Å²) in [6.45, 7) is 8.22. The van der Waals surface area contributed by atoms with Crippen LogP contribution in [0.25, 0.3) is 0 Å². The molecule has 1 amide bonds. The van der Waals surface area contributed by atoms with Crippen LogP contribution in [0.5, 0.6) is 0 Å². The third-order valence-electron chi connectivity index (χ3n) is 4.65. The second-order valence-corrected chi connectivity index (χ2v) is 6.48. The van der Waals surface area contributed by atoms with E-state index in [1.165, 1.54) is 6.42 Å². The van der Waals surface area contributed by atoms with Crippen LogP contribution >= 0.6 is 0 Å². The minimum absolute atomic E-state index is 0.143. The molecule has 0 aromatic carbocycles. The van der Waals surface area contributed by atoms with Gasteiger partial charge in [0.05, 0.1) is 12.7 Å². The van der Waals surface area contributed by atoms with Crippen molar-refractivity contribution in [1.29, 1.82) is 0 Å². The smallest absolute Gasteiger partial charge is 0.251 e. The van der Waals surface area contributed by atoms with Gasteiger partial charge in [0.25, 0.3) is 5.91 Å². The molecule has 0 aromatic rings. The van der Waals surface area contributed by atoms with Crippen LogP contribution in [0, 0.1) is 0 Å². The largest absolute Gasteiger partial charge is 0.376 e. The summed E-state index contributed by atoms with van der Waals surface area (Å²) in [6.07, 6.45) is 6.28. The molecule has 5 nitrogen and oxygen atoms in total. The molecule has 128 valence electrons. The van der Waals surface area contributed by atoms with Gasteiger partial charge in [-0.15, -0.1) is 0 Å². The maximum atomic E-state index is 12.7. The standard InChI is InChI=1S/C17H32N2O3/c1-3-11-19(15-7-9-18-10-8-15)17(20)14(2)22-13-16-6-4-5-12-21-16/h14-16,18H,3-13H2,1-2H3. The van der Waals surface area contributed by atoms with Crippen molar-refractivity contribution in [2.75, 3.05) is 32.8 Å². The molecule has 0 aromatic heterocycles. The highest BCUT2D eigenvalue weighted by Crippen LogP contribution is 2.17. The minimum atomic E-state index is -0.369. The molecule has 2 atom stereocenters. The second kappa shape index (κ2) is 9.48. The van der Waals surface area contributed by atoms with Crippen molar-refractivity contribution in [3.05, 3.63) is 0 Å². The Balaban J connectivity index is 1.82. The van der Waals surface area contributed by atoms with Crippen LogP contribution in [-0.2, 0) is 14.3 Å². The molecule has 2 saturated heterocycles. The summed E-state index contributed by atoms with van der Waals surface area (Å²) in [7, 11) is 0. The summed E-state index contributed by atoms with van der Waals surface area (Å²) < 4.78 is 11.5. The van der Waals surface area contributed by atoms with Crippen LogP contribution in [0.2, 0.25) is 0 Å². The van der Waals surface area contributed by atoms with Gasteiger partial charge < -0.3 is 19.7 Å². The van der Waals surface area contributed by atoms with E-state index in [0.717, 1.165) is 58.3 Å². The van der Waals surface area contributed by atoms with Gasteiger partial charge >= 0.3 is 0 Å². The number of carbonyl (C=O) groups is 1. The highest BCUT2D eigenvalue weighted by atomic mass is 16.5. The Bertz CT molecular complexity index is 326. The SMILES string of the molecule is CCCN(C(=O)C(C)OCC1CCCCO1)C1CCNCC1. The van der Waals surface area contributed by atoms with E-state index >= 15 is 0 Å². The Morgan fingerprint density at radius 1 is 1.32 bits per heavy atom. The molecule has 5 heteroatoms. The van der Waals surface area contributed by atoms with Crippen molar-refractivity contribution in [3.8, 4) is 0 Å². The van der Waals surface area contributed by atoms with Gasteiger partial charge in [-0.3, -0.25) is 4.79 Å². The first kappa shape index (κ1) is 17.7. The molecule has 2 fully saturated rings. The van der Waals surface area contributed by atoms with Crippen LogP contribution in [0.15, 0.2) is 0 Å². The fourth-order valence-electron chi connectivity index (χ4n) is 3.33. The van der Waals surface area contributed by atoms with E-state index in [2.05, 4.69) is 12.2 Å². The van der Waals surface area contributed by atoms with Gasteiger partial charge in [-0.05, 0) is 58.5 Å². The molecular formula is C17H32N2O3. The van der Waals surface area contributed by atoms with Gasteiger partial charge in [0.15, 0.2) is 0 Å². The Morgan fingerprint density at radius 3 is 2.73 bits per heavy atom. The molecule has 2 heterocycles. The first-order chi connectivity index (χ1) is 10.7. The summed E-state index contributed by atoms with van der Waals surface area (Å²) >= 11 is 0. The average Bonchev–Trinajstić information content (AvgIpc) is 2.58. The normalized spacial score (nSPS) is 24.9. The number of nitrogens with zero attached hydrogens (tertiary/aromatic N) is 1. The number of nitrogens with one attached hydrogen (secondary N) is 1. The van der Waals surface area contributed by atoms with Crippen LogP contribution in [-0.4, -0.2) is 61.9 Å². The molecule has 2 rings (SSSR count). The molecular weight excluding hydrogens is 280 g/mol. The first-order valence-electron chi connectivity index (χ1n) is 8.96. The number of carbonyl (C=O) groups excluding carboxylic acids is 1. The van der Waals surface area contributed by atoms with Gasteiger partial charge in [0.1, 0.15) is 6.10 Å². The van der Waals surface area contributed by atoms with Crippen molar-refractivity contribution in [2.24, 2.45) is 0 Å². The van der Waals surface area contributed by atoms with Gasteiger partial charge in [0.2, 0.25) is 0 Å². The molecule has 0 aliphatic carbocycles. The lowest BCUT2D eigenvalue weighted by molar-refractivity contribution is -0.149. The van der Waals surface area contributed by atoms with E-state index < -0.39 is 0 Å². The monoisotopic (exact) mass is 312 g/mol. The zero-order valence-corrected chi connectivity index (χ0v) is 14.2. The molecule has 0 spiro atoms. The predicted molar refractivity (Wildman–Crippen MR) is 86.9 cm³/mol. The van der Waals surface area contributed by atoms with E-state index in [9.17, 15) is 4.79 Å². The lowest BCUT2D eigenvalue weighted by atomic mass is 10.0.